The molecule has 5 nitrogen and oxygen atoms in total. The van der Waals surface area contributed by atoms with Crippen LogP contribution in [0.5, 0.6) is 0 Å². The maximum absolute atomic E-state index is 12.5. The highest BCUT2D eigenvalue weighted by Crippen LogP contribution is 2.33. The molecule has 0 spiro atoms. The van der Waals surface area contributed by atoms with Crippen molar-refractivity contribution in [2.45, 2.75) is 56.5 Å². The van der Waals surface area contributed by atoms with Crippen LogP contribution in [-0.4, -0.2) is 43.5 Å². The fraction of sp³-hybridized carbons (Fsp3) is 0.611. The van der Waals surface area contributed by atoms with Gasteiger partial charge in [0.1, 0.15) is 6.04 Å². The number of amides is 1. The fourth-order valence-corrected chi connectivity index (χ4v) is 5.12. The number of rotatable bonds is 4. The molecule has 1 unspecified atom stereocenters. The zero-order valence-corrected chi connectivity index (χ0v) is 15.0. The summed E-state index contributed by atoms with van der Waals surface area (Å²) in [5.41, 5.74) is 1.38. The Labute approximate surface area is 144 Å². The van der Waals surface area contributed by atoms with Gasteiger partial charge in [-0.25, -0.2) is 8.42 Å². The van der Waals surface area contributed by atoms with Crippen LogP contribution in [0.3, 0.4) is 0 Å². The van der Waals surface area contributed by atoms with E-state index in [0.717, 1.165) is 32.1 Å². The highest BCUT2D eigenvalue weighted by molar-refractivity contribution is 7.88. The van der Waals surface area contributed by atoms with Crippen LogP contribution in [0.2, 0.25) is 0 Å². The van der Waals surface area contributed by atoms with Crippen LogP contribution in [0.1, 0.15) is 50.0 Å². The molecule has 3 rings (SSSR count). The number of benzene rings is 1. The molecule has 1 saturated carbocycles. The minimum Gasteiger partial charge on any atom is -0.352 e. The van der Waals surface area contributed by atoms with Gasteiger partial charge in [-0.1, -0.05) is 30.3 Å². The molecule has 132 valence electrons. The van der Waals surface area contributed by atoms with Crippen molar-refractivity contribution in [2.24, 2.45) is 0 Å². The van der Waals surface area contributed by atoms with Crippen molar-refractivity contribution in [1.29, 1.82) is 0 Å². The number of sulfonamides is 1. The van der Waals surface area contributed by atoms with Gasteiger partial charge in [-0.3, -0.25) is 4.79 Å². The van der Waals surface area contributed by atoms with Gasteiger partial charge >= 0.3 is 0 Å². The van der Waals surface area contributed by atoms with Crippen LogP contribution in [0.25, 0.3) is 0 Å². The van der Waals surface area contributed by atoms with Gasteiger partial charge in [-0.15, -0.1) is 0 Å². The summed E-state index contributed by atoms with van der Waals surface area (Å²) in [6, 6.07) is 10.2. The first-order valence-electron chi connectivity index (χ1n) is 8.77. The molecule has 1 aliphatic carbocycles. The lowest BCUT2D eigenvalue weighted by Crippen LogP contribution is -2.49. The van der Waals surface area contributed by atoms with E-state index in [1.54, 1.807) is 0 Å². The van der Waals surface area contributed by atoms with Crippen LogP contribution < -0.4 is 5.32 Å². The van der Waals surface area contributed by atoms with Crippen molar-refractivity contribution in [2.75, 3.05) is 12.8 Å². The van der Waals surface area contributed by atoms with Crippen LogP contribution in [0.15, 0.2) is 30.3 Å². The van der Waals surface area contributed by atoms with Gasteiger partial charge in [0.2, 0.25) is 15.9 Å². The number of nitrogens with one attached hydrogen (secondary N) is 1. The van der Waals surface area contributed by atoms with Gasteiger partial charge in [-0.2, -0.15) is 4.31 Å². The molecule has 1 heterocycles. The number of hydrogen-bond donors (Lipinski definition) is 1. The minimum absolute atomic E-state index is 0.124. The summed E-state index contributed by atoms with van der Waals surface area (Å²) in [7, 11) is -3.31. The number of carbonyl (C=O) groups excluding carboxylic acids is 1. The van der Waals surface area contributed by atoms with Crippen molar-refractivity contribution >= 4 is 15.9 Å². The molecule has 1 amide bonds. The SMILES string of the molecule is CS(=O)(=O)N1CCCC1C(=O)NC1CCC(c2ccccc2)CC1. The Bertz CT molecular complexity index is 667. The first kappa shape index (κ1) is 17.4. The molecule has 0 bridgehead atoms. The standard InChI is InChI=1S/C18H26N2O3S/c1-24(22,23)20-13-5-8-17(20)18(21)19-16-11-9-15(10-12-16)14-6-3-2-4-7-14/h2-4,6-7,15-17H,5,8-13H2,1H3,(H,19,21). The molecule has 24 heavy (non-hydrogen) atoms. The highest BCUT2D eigenvalue weighted by atomic mass is 32.2. The Morgan fingerprint density at radius 2 is 1.75 bits per heavy atom. The van der Waals surface area contributed by atoms with E-state index >= 15 is 0 Å². The molecular weight excluding hydrogens is 324 g/mol. The Kier molecular flexibility index (Phi) is 5.25. The van der Waals surface area contributed by atoms with Crippen molar-refractivity contribution in [3.63, 3.8) is 0 Å². The Hall–Kier alpha value is -1.40. The summed E-state index contributed by atoms with van der Waals surface area (Å²) in [4.78, 5) is 12.5. The van der Waals surface area contributed by atoms with Gasteiger partial charge in [0, 0.05) is 12.6 Å². The third kappa shape index (κ3) is 3.98. The Morgan fingerprint density at radius 1 is 1.08 bits per heavy atom. The molecule has 6 heteroatoms. The van der Waals surface area contributed by atoms with Gasteiger partial charge in [0.25, 0.3) is 0 Å². The maximum Gasteiger partial charge on any atom is 0.238 e. The molecule has 1 aromatic carbocycles. The predicted molar refractivity (Wildman–Crippen MR) is 94.2 cm³/mol. The van der Waals surface area contributed by atoms with E-state index < -0.39 is 16.1 Å². The molecular formula is C18H26N2O3S. The normalized spacial score (nSPS) is 28.6. The second kappa shape index (κ2) is 7.23. The molecule has 0 aromatic heterocycles. The molecule has 1 aliphatic heterocycles. The van der Waals surface area contributed by atoms with E-state index in [4.69, 9.17) is 0 Å². The summed E-state index contributed by atoms with van der Waals surface area (Å²) in [6.45, 7) is 0.456. The van der Waals surface area contributed by atoms with Crippen molar-refractivity contribution in [3.8, 4) is 0 Å². The lowest BCUT2D eigenvalue weighted by Gasteiger charge is -2.31. The predicted octanol–water partition coefficient (Wildman–Crippen LogP) is 2.25. The van der Waals surface area contributed by atoms with E-state index in [2.05, 4.69) is 29.6 Å². The molecule has 2 aliphatic rings. The first-order chi connectivity index (χ1) is 11.4. The highest BCUT2D eigenvalue weighted by Gasteiger charge is 2.37. The minimum atomic E-state index is -3.31. The van der Waals surface area contributed by atoms with E-state index in [0.29, 0.717) is 18.9 Å². The first-order valence-corrected chi connectivity index (χ1v) is 10.6. The molecule has 1 N–H and O–H groups in total. The molecule has 2 fully saturated rings. The van der Waals surface area contributed by atoms with Crippen LogP contribution >= 0.6 is 0 Å². The summed E-state index contributed by atoms with van der Waals surface area (Å²) < 4.78 is 24.9. The van der Waals surface area contributed by atoms with Gasteiger partial charge in [0.05, 0.1) is 6.26 Å². The summed E-state index contributed by atoms with van der Waals surface area (Å²) in [6.07, 6.45) is 6.60. The second-order valence-electron chi connectivity index (χ2n) is 7.00. The van der Waals surface area contributed by atoms with E-state index in [1.807, 2.05) is 6.07 Å². The molecule has 1 aromatic rings. The van der Waals surface area contributed by atoms with Gasteiger partial charge in [0.15, 0.2) is 0 Å². The van der Waals surface area contributed by atoms with Crippen molar-refractivity contribution < 1.29 is 13.2 Å². The maximum atomic E-state index is 12.5. The Balaban J connectivity index is 1.53. The summed E-state index contributed by atoms with van der Waals surface area (Å²) >= 11 is 0. The smallest absolute Gasteiger partial charge is 0.238 e. The van der Waals surface area contributed by atoms with E-state index in [9.17, 15) is 13.2 Å². The van der Waals surface area contributed by atoms with Crippen LogP contribution in [0, 0.1) is 0 Å². The molecule has 1 atom stereocenters. The third-order valence-corrected chi connectivity index (χ3v) is 6.57. The monoisotopic (exact) mass is 350 g/mol. The van der Waals surface area contributed by atoms with Gasteiger partial charge in [-0.05, 0) is 50.0 Å². The van der Waals surface area contributed by atoms with Gasteiger partial charge < -0.3 is 5.32 Å². The molecule has 0 radical (unpaired) electrons. The zero-order chi connectivity index (χ0) is 17.2. The Morgan fingerprint density at radius 3 is 2.38 bits per heavy atom. The van der Waals surface area contributed by atoms with E-state index in [-0.39, 0.29) is 11.9 Å². The number of hydrogen-bond acceptors (Lipinski definition) is 3. The topological polar surface area (TPSA) is 66.5 Å². The lowest BCUT2D eigenvalue weighted by atomic mass is 9.81. The van der Waals surface area contributed by atoms with Crippen LogP contribution in [0.4, 0.5) is 0 Å². The summed E-state index contributed by atoms with van der Waals surface area (Å²) in [5, 5.41) is 3.09. The van der Waals surface area contributed by atoms with Crippen molar-refractivity contribution in [3.05, 3.63) is 35.9 Å². The second-order valence-corrected chi connectivity index (χ2v) is 8.93. The largest absolute Gasteiger partial charge is 0.352 e. The van der Waals surface area contributed by atoms with Crippen LogP contribution in [-0.2, 0) is 14.8 Å². The zero-order valence-electron chi connectivity index (χ0n) is 14.1. The fourth-order valence-electron chi connectivity index (χ4n) is 3.99. The van der Waals surface area contributed by atoms with E-state index in [1.165, 1.54) is 16.1 Å². The number of carbonyl (C=O) groups is 1. The number of nitrogens with zero attached hydrogens (tertiary/aromatic N) is 1. The summed E-state index contributed by atoms with van der Waals surface area (Å²) in [5.74, 6) is 0.444. The quantitative estimate of drug-likeness (QED) is 0.906. The average molecular weight is 350 g/mol. The van der Waals surface area contributed by atoms with Crippen molar-refractivity contribution in [1.82, 2.24) is 9.62 Å². The average Bonchev–Trinajstić information content (AvgIpc) is 3.06. The third-order valence-electron chi connectivity index (χ3n) is 5.28. The molecule has 1 saturated heterocycles. The lowest BCUT2D eigenvalue weighted by molar-refractivity contribution is -0.125.